The fraction of sp³-hybridized carbons (Fsp3) is 0.333. The second kappa shape index (κ2) is 9.43. The average molecular weight is 436 g/mol. The molecule has 1 aromatic heterocycles. The number of H-pyrrole nitrogens is 1. The molecule has 160 valence electrons. The smallest absolute Gasteiger partial charge is 0.227 e. The first-order valence-corrected chi connectivity index (χ1v) is 11.0. The summed E-state index contributed by atoms with van der Waals surface area (Å²) in [6, 6.07) is 18.2. The number of aromatic amines is 1. The summed E-state index contributed by atoms with van der Waals surface area (Å²) < 4.78 is 0. The number of hydrogen-bond acceptors (Lipinski definition) is 4. The second-order valence-electron chi connectivity index (χ2n) is 8.24. The number of amides is 1. The van der Waals surface area contributed by atoms with Gasteiger partial charge in [-0.2, -0.15) is 5.21 Å². The van der Waals surface area contributed by atoms with Crippen LogP contribution in [0.25, 0.3) is 11.1 Å². The summed E-state index contributed by atoms with van der Waals surface area (Å²) in [6.45, 7) is 3.82. The molecule has 0 saturated heterocycles. The molecule has 0 unspecified atom stereocenters. The van der Waals surface area contributed by atoms with Crippen molar-refractivity contribution in [3.63, 3.8) is 0 Å². The van der Waals surface area contributed by atoms with Gasteiger partial charge in [-0.15, -0.1) is 10.2 Å². The maximum Gasteiger partial charge on any atom is 0.227 e. The molecule has 0 bridgehead atoms. The molecule has 2 aromatic carbocycles. The highest BCUT2D eigenvalue weighted by Gasteiger charge is 2.42. The van der Waals surface area contributed by atoms with Crippen molar-refractivity contribution in [2.24, 2.45) is 5.41 Å². The van der Waals surface area contributed by atoms with Crippen molar-refractivity contribution in [3.8, 4) is 11.1 Å². The van der Waals surface area contributed by atoms with E-state index in [0.29, 0.717) is 23.7 Å². The van der Waals surface area contributed by atoms with E-state index in [9.17, 15) is 4.79 Å². The first-order valence-electron chi connectivity index (χ1n) is 10.6. The number of aromatic nitrogens is 4. The molecule has 0 aliphatic heterocycles. The third-order valence-corrected chi connectivity index (χ3v) is 6.19. The number of carbonyl (C=O) groups is 1. The fourth-order valence-electron chi connectivity index (χ4n) is 4.44. The number of rotatable bonds is 8. The summed E-state index contributed by atoms with van der Waals surface area (Å²) >= 11 is 6.11. The highest BCUT2D eigenvalue weighted by atomic mass is 35.5. The largest absolute Gasteiger partial charge is 0.345 e. The number of nitrogens with zero attached hydrogens (tertiary/aromatic N) is 3. The number of carbonyl (C=O) groups excluding carboxylic acids is 1. The van der Waals surface area contributed by atoms with Crippen molar-refractivity contribution >= 4 is 17.5 Å². The molecular weight excluding hydrogens is 410 g/mol. The standard InChI is InChI=1S/C24H26ClN5O/c1-17(25)16-24(13-5-6-14-24)23(31)26-21(22-27-29-30-28-22)15-18-9-11-20(12-10-18)19-7-3-2-4-8-19/h2-4,7-12,21H,1,5-6,13-16H2,(H,26,31)(H,27,28,29,30)/t21-/m0/s1. The van der Waals surface area contributed by atoms with E-state index in [1.54, 1.807) is 0 Å². The molecule has 1 aliphatic carbocycles. The summed E-state index contributed by atoms with van der Waals surface area (Å²) in [4.78, 5) is 13.3. The first kappa shape index (κ1) is 21.2. The zero-order valence-corrected chi connectivity index (χ0v) is 18.1. The van der Waals surface area contributed by atoms with Crippen LogP contribution in [0, 0.1) is 5.41 Å². The van der Waals surface area contributed by atoms with Gasteiger partial charge in [0.2, 0.25) is 5.91 Å². The summed E-state index contributed by atoms with van der Waals surface area (Å²) in [5, 5.41) is 18.1. The quantitative estimate of drug-likeness (QED) is 0.523. The van der Waals surface area contributed by atoms with E-state index in [4.69, 9.17) is 11.6 Å². The van der Waals surface area contributed by atoms with Gasteiger partial charge in [-0.05, 0) is 36.0 Å². The molecule has 1 saturated carbocycles. The minimum absolute atomic E-state index is 0.0116. The molecule has 1 atom stereocenters. The number of benzene rings is 2. The minimum atomic E-state index is -0.502. The normalized spacial score (nSPS) is 16.0. The predicted octanol–water partition coefficient (Wildman–Crippen LogP) is 4.97. The van der Waals surface area contributed by atoms with Gasteiger partial charge in [0.1, 0.15) is 0 Å². The van der Waals surface area contributed by atoms with Crippen molar-refractivity contribution in [1.82, 2.24) is 25.9 Å². The Bertz CT molecular complexity index is 1010. The summed E-state index contributed by atoms with van der Waals surface area (Å²) in [5.74, 6) is 0.459. The van der Waals surface area contributed by atoms with Gasteiger partial charge in [-0.25, -0.2) is 0 Å². The highest BCUT2D eigenvalue weighted by Crippen LogP contribution is 2.44. The van der Waals surface area contributed by atoms with Crippen LogP contribution in [0.4, 0.5) is 0 Å². The Labute approximate surface area is 187 Å². The maximum absolute atomic E-state index is 13.3. The lowest BCUT2D eigenvalue weighted by molar-refractivity contribution is -0.131. The summed E-state index contributed by atoms with van der Waals surface area (Å²) in [7, 11) is 0. The average Bonchev–Trinajstić information content (AvgIpc) is 3.47. The molecule has 0 radical (unpaired) electrons. The van der Waals surface area contributed by atoms with E-state index in [2.05, 4.69) is 68.9 Å². The molecule has 6 nitrogen and oxygen atoms in total. The maximum atomic E-state index is 13.3. The van der Waals surface area contributed by atoms with E-state index in [-0.39, 0.29) is 11.9 Å². The minimum Gasteiger partial charge on any atom is -0.345 e. The van der Waals surface area contributed by atoms with Crippen molar-refractivity contribution in [2.45, 2.75) is 44.6 Å². The SMILES string of the molecule is C=C(Cl)CC1(C(=O)N[C@@H](Cc2ccc(-c3ccccc3)cc2)c2nn[nH]n2)CCCC1. The van der Waals surface area contributed by atoms with Crippen LogP contribution in [0.3, 0.4) is 0 Å². The van der Waals surface area contributed by atoms with Gasteiger partial charge in [-0.3, -0.25) is 4.79 Å². The van der Waals surface area contributed by atoms with Crippen LogP contribution < -0.4 is 5.32 Å². The van der Waals surface area contributed by atoms with Gasteiger partial charge in [0.05, 0.1) is 11.5 Å². The van der Waals surface area contributed by atoms with E-state index in [1.807, 2.05) is 18.2 Å². The van der Waals surface area contributed by atoms with Crippen molar-refractivity contribution in [3.05, 3.63) is 77.6 Å². The Balaban J connectivity index is 1.52. The Morgan fingerprint density at radius 1 is 1.10 bits per heavy atom. The van der Waals surface area contributed by atoms with Gasteiger partial charge in [0.25, 0.3) is 0 Å². The van der Waals surface area contributed by atoms with Crippen LogP contribution in [0.2, 0.25) is 0 Å². The number of halogens is 1. The molecule has 4 rings (SSSR count). The number of allylic oxidation sites excluding steroid dienone is 1. The van der Waals surface area contributed by atoms with Crippen LogP contribution >= 0.6 is 11.6 Å². The van der Waals surface area contributed by atoms with Crippen molar-refractivity contribution in [1.29, 1.82) is 0 Å². The van der Waals surface area contributed by atoms with E-state index < -0.39 is 5.41 Å². The monoisotopic (exact) mass is 435 g/mol. The highest BCUT2D eigenvalue weighted by molar-refractivity contribution is 6.29. The number of hydrogen-bond donors (Lipinski definition) is 2. The van der Waals surface area contributed by atoms with Crippen LogP contribution in [-0.2, 0) is 11.2 Å². The summed E-state index contributed by atoms with van der Waals surface area (Å²) in [5.41, 5.74) is 2.89. The Morgan fingerprint density at radius 3 is 2.39 bits per heavy atom. The zero-order chi connectivity index (χ0) is 21.7. The van der Waals surface area contributed by atoms with E-state index in [0.717, 1.165) is 36.8 Å². The first-order chi connectivity index (χ1) is 15.1. The number of nitrogens with one attached hydrogen (secondary N) is 2. The second-order valence-corrected chi connectivity index (χ2v) is 8.78. The van der Waals surface area contributed by atoms with Gasteiger partial charge in [0.15, 0.2) is 5.82 Å². The van der Waals surface area contributed by atoms with Crippen LogP contribution in [0.15, 0.2) is 66.2 Å². The lowest BCUT2D eigenvalue weighted by Gasteiger charge is -2.29. The predicted molar refractivity (Wildman–Crippen MR) is 121 cm³/mol. The van der Waals surface area contributed by atoms with Gasteiger partial charge in [-0.1, -0.05) is 90.8 Å². The van der Waals surface area contributed by atoms with Crippen LogP contribution in [-0.4, -0.2) is 26.5 Å². The molecule has 1 heterocycles. The molecule has 0 spiro atoms. The molecule has 1 fully saturated rings. The van der Waals surface area contributed by atoms with Gasteiger partial charge in [0, 0.05) is 11.5 Å². The molecule has 3 aromatic rings. The van der Waals surface area contributed by atoms with Crippen LogP contribution in [0.5, 0.6) is 0 Å². The van der Waals surface area contributed by atoms with Gasteiger partial charge >= 0.3 is 0 Å². The molecular formula is C24H26ClN5O. The Morgan fingerprint density at radius 2 is 1.77 bits per heavy atom. The fourth-order valence-corrected chi connectivity index (χ4v) is 4.69. The number of tetrazole rings is 1. The molecule has 1 aliphatic rings. The van der Waals surface area contributed by atoms with Crippen molar-refractivity contribution < 1.29 is 4.79 Å². The van der Waals surface area contributed by atoms with E-state index >= 15 is 0 Å². The Kier molecular flexibility index (Phi) is 6.47. The lowest BCUT2D eigenvalue weighted by Crippen LogP contribution is -2.42. The topological polar surface area (TPSA) is 83.6 Å². The third kappa shape index (κ3) is 5.02. The third-order valence-electron chi connectivity index (χ3n) is 6.05. The zero-order valence-electron chi connectivity index (χ0n) is 17.4. The summed E-state index contributed by atoms with van der Waals surface area (Å²) in [6.07, 6.45) is 4.73. The van der Waals surface area contributed by atoms with Gasteiger partial charge < -0.3 is 5.32 Å². The molecule has 31 heavy (non-hydrogen) atoms. The van der Waals surface area contributed by atoms with E-state index in [1.165, 1.54) is 5.56 Å². The molecule has 1 amide bonds. The van der Waals surface area contributed by atoms with Crippen molar-refractivity contribution in [2.75, 3.05) is 0 Å². The molecule has 2 N–H and O–H groups in total. The van der Waals surface area contributed by atoms with Crippen LogP contribution in [0.1, 0.15) is 49.5 Å². The molecule has 7 heteroatoms. The lowest BCUT2D eigenvalue weighted by atomic mass is 9.81. The Hall–Kier alpha value is -2.99.